The van der Waals surface area contributed by atoms with Gasteiger partial charge in [0.1, 0.15) is 11.2 Å². The summed E-state index contributed by atoms with van der Waals surface area (Å²) in [5.74, 6) is -4.85. The minimum Gasteiger partial charge on any atom is -0.481 e. The number of benzene rings is 1. The summed E-state index contributed by atoms with van der Waals surface area (Å²) in [4.78, 5) is 34.4. The zero-order valence-electron chi connectivity index (χ0n) is 8.49. The minimum absolute atomic E-state index is 0.280. The van der Waals surface area contributed by atoms with E-state index < -0.39 is 28.9 Å². The number of carbonyl (C=O) groups excluding carboxylic acids is 1. The van der Waals surface area contributed by atoms with Crippen molar-refractivity contribution in [2.45, 2.75) is 10.1 Å². The summed E-state index contributed by atoms with van der Waals surface area (Å²) in [6.07, 6.45) is 0. The maximum absolute atomic E-state index is 11.9. The van der Waals surface area contributed by atoms with Gasteiger partial charge in [0.25, 0.3) is 0 Å². The van der Waals surface area contributed by atoms with Crippen LogP contribution < -0.4 is 0 Å². The number of ketones is 1. The third-order valence-corrected chi connectivity index (χ3v) is 3.84. The number of aliphatic carboxylic acids is 2. The number of Topliss-reactive ketones (excluding diaryl/α,β-unsaturated/α-hetero) is 1. The Morgan fingerprint density at radius 1 is 1.12 bits per heavy atom. The highest BCUT2D eigenvalue weighted by molar-refractivity contribution is 8.00. The van der Waals surface area contributed by atoms with E-state index in [1.807, 2.05) is 0 Å². The van der Waals surface area contributed by atoms with Crippen molar-refractivity contribution in [3.05, 3.63) is 29.8 Å². The van der Waals surface area contributed by atoms with Crippen molar-refractivity contribution < 1.29 is 24.6 Å². The lowest BCUT2D eigenvalue weighted by Crippen LogP contribution is -2.41. The molecule has 1 heterocycles. The molecule has 1 aliphatic heterocycles. The third-order valence-electron chi connectivity index (χ3n) is 2.50. The molecule has 2 atom stereocenters. The second-order valence-corrected chi connectivity index (χ2v) is 4.74. The number of carbonyl (C=O) groups is 3. The standard InChI is InChI=1S/C11H8O5S/c12-8-5-3-1-2-4-6(5)17-9(11(15)16)7(8)10(13)14/h1-4,7,9H,(H,13,14)(H,15,16). The number of thioether (sulfide) groups is 1. The highest BCUT2D eigenvalue weighted by atomic mass is 32.2. The SMILES string of the molecule is O=C(O)C1Sc2ccccc2C(=O)C1C(=O)O. The Hall–Kier alpha value is -1.82. The van der Waals surface area contributed by atoms with Crippen LogP contribution in [0.25, 0.3) is 0 Å². The van der Waals surface area contributed by atoms with Crippen molar-refractivity contribution in [2.24, 2.45) is 5.92 Å². The summed E-state index contributed by atoms with van der Waals surface area (Å²) in [5, 5.41) is 16.7. The molecule has 0 spiro atoms. The van der Waals surface area contributed by atoms with Crippen LogP contribution >= 0.6 is 11.8 Å². The summed E-state index contributed by atoms with van der Waals surface area (Å²) >= 11 is 0.904. The van der Waals surface area contributed by atoms with Gasteiger partial charge in [-0.2, -0.15) is 0 Å². The van der Waals surface area contributed by atoms with E-state index in [0.29, 0.717) is 4.90 Å². The molecular formula is C11H8O5S. The third kappa shape index (κ3) is 1.91. The molecule has 2 rings (SSSR count). The minimum atomic E-state index is -1.52. The van der Waals surface area contributed by atoms with Crippen LogP contribution in [0.5, 0.6) is 0 Å². The van der Waals surface area contributed by atoms with Crippen LogP contribution in [0.1, 0.15) is 10.4 Å². The summed E-state index contributed by atoms with van der Waals surface area (Å²) in [6.45, 7) is 0. The molecule has 5 nitrogen and oxygen atoms in total. The van der Waals surface area contributed by atoms with Crippen molar-refractivity contribution in [1.82, 2.24) is 0 Å². The molecule has 2 N–H and O–H groups in total. The molecular weight excluding hydrogens is 244 g/mol. The molecule has 1 aromatic carbocycles. The number of fused-ring (bicyclic) bond motifs is 1. The summed E-state index contributed by atoms with van der Waals surface area (Å²) < 4.78 is 0. The summed E-state index contributed by atoms with van der Waals surface area (Å²) in [6, 6.07) is 6.43. The van der Waals surface area contributed by atoms with Gasteiger partial charge in [-0.05, 0) is 6.07 Å². The molecule has 0 radical (unpaired) electrons. The van der Waals surface area contributed by atoms with E-state index >= 15 is 0 Å². The lowest BCUT2D eigenvalue weighted by molar-refractivity contribution is -0.145. The van der Waals surface area contributed by atoms with Crippen LogP contribution in [0.15, 0.2) is 29.2 Å². The lowest BCUT2D eigenvalue weighted by atomic mass is 9.93. The molecule has 0 fully saturated rings. The van der Waals surface area contributed by atoms with Crippen LogP contribution in [0, 0.1) is 5.92 Å². The maximum Gasteiger partial charge on any atom is 0.318 e. The number of hydrogen-bond acceptors (Lipinski definition) is 4. The molecule has 1 aromatic rings. The first kappa shape index (κ1) is 11.7. The largest absolute Gasteiger partial charge is 0.481 e. The predicted molar refractivity (Wildman–Crippen MR) is 59.2 cm³/mol. The van der Waals surface area contributed by atoms with Gasteiger partial charge in [-0.15, -0.1) is 11.8 Å². The van der Waals surface area contributed by atoms with E-state index in [9.17, 15) is 14.4 Å². The van der Waals surface area contributed by atoms with Crippen LogP contribution in [0.4, 0.5) is 0 Å². The van der Waals surface area contributed by atoms with E-state index in [4.69, 9.17) is 10.2 Å². The fourth-order valence-corrected chi connectivity index (χ4v) is 2.92. The van der Waals surface area contributed by atoms with Crippen molar-refractivity contribution in [3.63, 3.8) is 0 Å². The summed E-state index contributed by atoms with van der Waals surface area (Å²) in [5.41, 5.74) is 0.280. The number of rotatable bonds is 2. The van der Waals surface area contributed by atoms with Gasteiger partial charge >= 0.3 is 11.9 Å². The zero-order chi connectivity index (χ0) is 12.6. The topological polar surface area (TPSA) is 91.7 Å². The van der Waals surface area contributed by atoms with Gasteiger partial charge in [-0.25, -0.2) is 0 Å². The molecule has 0 bridgehead atoms. The van der Waals surface area contributed by atoms with Crippen molar-refractivity contribution in [1.29, 1.82) is 0 Å². The molecule has 0 saturated carbocycles. The molecule has 1 aliphatic rings. The zero-order valence-corrected chi connectivity index (χ0v) is 9.31. The monoisotopic (exact) mass is 252 g/mol. The molecule has 0 amide bonds. The first-order chi connectivity index (χ1) is 8.02. The van der Waals surface area contributed by atoms with Crippen LogP contribution in [0.2, 0.25) is 0 Å². The van der Waals surface area contributed by atoms with E-state index in [1.165, 1.54) is 6.07 Å². The number of hydrogen-bond donors (Lipinski definition) is 2. The Balaban J connectivity index is 2.52. The van der Waals surface area contributed by atoms with Crippen LogP contribution in [0.3, 0.4) is 0 Å². The van der Waals surface area contributed by atoms with Gasteiger partial charge in [0.15, 0.2) is 5.78 Å². The van der Waals surface area contributed by atoms with Crippen molar-refractivity contribution in [3.8, 4) is 0 Å². The predicted octanol–water partition coefficient (Wildman–Crippen LogP) is 1.13. The highest BCUT2D eigenvalue weighted by Gasteiger charge is 2.44. The van der Waals surface area contributed by atoms with Gasteiger partial charge in [0.2, 0.25) is 0 Å². The fraction of sp³-hybridized carbons (Fsp3) is 0.182. The van der Waals surface area contributed by atoms with Crippen molar-refractivity contribution in [2.75, 3.05) is 0 Å². The first-order valence-electron chi connectivity index (χ1n) is 4.78. The number of carboxylic acids is 2. The smallest absolute Gasteiger partial charge is 0.318 e. The second kappa shape index (κ2) is 4.21. The Morgan fingerprint density at radius 3 is 2.35 bits per heavy atom. The molecule has 17 heavy (non-hydrogen) atoms. The quantitative estimate of drug-likeness (QED) is 0.766. The van der Waals surface area contributed by atoms with Gasteiger partial charge in [0, 0.05) is 10.5 Å². The van der Waals surface area contributed by atoms with Gasteiger partial charge in [-0.3, -0.25) is 14.4 Å². The van der Waals surface area contributed by atoms with Crippen LogP contribution in [-0.2, 0) is 9.59 Å². The number of carboxylic acid groups (broad SMARTS) is 2. The van der Waals surface area contributed by atoms with Gasteiger partial charge < -0.3 is 10.2 Å². The average Bonchev–Trinajstić information content (AvgIpc) is 2.28. The Morgan fingerprint density at radius 2 is 1.76 bits per heavy atom. The van der Waals surface area contributed by atoms with Gasteiger partial charge in [-0.1, -0.05) is 18.2 Å². The normalized spacial score (nSPS) is 22.9. The van der Waals surface area contributed by atoms with E-state index in [2.05, 4.69) is 0 Å². The van der Waals surface area contributed by atoms with E-state index in [0.717, 1.165) is 11.8 Å². The van der Waals surface area contributed by atoms with Crippen molar-refractivity contribution >= 4 is 29.5 Å². The summed E-state index contributed by atoms with van der Waals surface area (Å²) in [7, 11) is 0. The average molecular weight is 252 g/mol. The van der Waals surface area contributed by atoms with Crippen LogP contribution in [-0.4, -0.2) is 33.2 Å². The maximum atomic E-state index is 11.9. The Labute approximate surface area is 100 Å². The highest BCUT2D eigenvalue weighted by Crippen LogP contribution is 2.38. The Bertz CT molecular complexity index is 510. The molecule has 88 valence electrons. The first-order valence-corrected chi connectivity index (χ1v) is 5.66. The molecule has 0 aliphatic carbocycles. The molecule has 6 heteroatoms. The fourth-order valence-electron chi connectivity index (χ4n) is 1.72. The second-order valence-electron chi connectivity index (χ2n) is 3.55. The van der Waals surface area contributed by atoms with Gasteiger partial charge in [0.05, 0.1) is 0 Å². The molecule has 0 saturated heterocycles. The molecule has 2 unspecified atom stereocenters. The van der Waals surface area contributed by atoms with E-state index in [1.54, 1.807) is 18.2 Å². The molecule has 0 aromatic heterocycles. The lowest BCUT2D eigenvalue weighted by Gasteiger charge is -2.25. The van der Waals surface area contributed by atoms with E-state index in [-0.39, 0.29) is 5.56 Å². The Kier molecular flexibility index (Phi) is 2.89.